The van der Waals surface area contributed by atoms with Crippen LogP contribution in [0.3, 0.4) is 0 Å². The normalized spacial score (nSPS) is 10.6. The van der Waals surface area contributed by atoms with Crippen LogP contribution in [0, 0.1) is 0 Å². The summed E-state index contributed by atoms with van der Waals surface area (Å²) in [6, 6.07) is 15.2. The van der Waals surface area contributed by atoms with E-state index in [4.69, 9.17) is 9.47 Å². The molecule has 0 saturated heterocycles. The van der Waals surface area contributed by atoms with Gasteiger partial charge in [0.2, 0.25) is 5.91 Å². The highest BCUT2D eigenvalue weighted by Crippen LogP contribution is 2.19. The quantitative estimate of drug-likeness (QED) is 0.190. The number of ether oxygens (including phenoxy) is 2. The Hall–Kier alpha value is -2.49. The summed E-state index contributed by atoms with van der Waals surface area (Å²) < 4.78 is 11.4. The summed E-state index contributed by atoms with van der Waals surface area (Å²) in [5.41, 5.74) is 1.75. The lowest BCUT2D eigenvalue weighted by molar-refractivity contribution is -0.114. The molecule has 0 saturated carbocycles. The molecule has 0 bridgehead atoms. The molecule has 0 aliphatic rings. The number of aliphatic imine (C=N–C) groups is 1. The van der Waals surface area contributed by atoms with Crippen LogP contribution in [0.1, 0.15) is 26.3 Å². The van der Waals surface area contributed by atoms with E-state index in [0.29, 0.717) is 37.7 Å². The van der Waals surface area contributed by atoms with Gasteiger partial charge in [0.1, 0.15) is 18.1 Å². The first-order valence-electron chi connectivity index (χ1n) is 9.85. The summed E-state index contributed by atoms with van der Waals surface area (Å²) in [7, 11) is 0. The van der Waals surface area contributed by atoms with Gasteiger partial charge in [-0.05, 0) is 32.0 Å². The summed E-state index contributed by atoms with van der Waals surface area (Å²) in [5.74, 6) is 2.17. The van der Waals surface area contributed by atoms with Crippen molar-refractivity contribution in [2.24, 2.45) is 4.99 Å². The Bertz CT molecular complexity index is 814. The minimum absolute atomic E-state index is 0. The Morgan fingerprint density at radius 3 is 2.57 bits per heavy atom. The fourth-order valence-electron chi connectivity index (χ4n) is 2.64. The van der Waals surface area contributed by atoms with Crippen LogP contribution in [0.25, 0.3) is 0 Å². The number of carbonyl (C=O) groups excluding carboxylic acids is 1. The average molecular weight is 526 g/mol. The number of carbonyl (C=O) groups is 1. The van der Waals surface area contributed by atoms with Crippen LogP contribution in [-0.2, 0) is 11.3 Å². The van der Waals surface area contributed by atoms with Crippen molar-refractivity contribution in [3.8, 4) is 11.5 Å². The van der Waals surface area contributed by atoms with Crippen LogP contribution in [0.5, 0.6) is 11.5 Å². The van der Waals surface area contributed by atoms with E-state index >= 15 is 0 Å². The van der Waals surface area contributed by atoms with Crippen molar-refractivity contribution < 1.29 is 14.3 Å². The zero-order valence-electron chi connectivity index (χ0n) is 17.7. The van der Waals surface area contributed by atoms with Crippen molar-refractivity contribution in [1.29, 1.82) is 0 Å². The Kier molecular flexibility index (Phi) is 12.3. The summed E-state index contributed by atoms with van der Waals surface area (Å²) in [6.45, 7) is 8.43. The van der Waals surface area contributed by atoms with E-state index < -0.39 is 0 Å². The van der Waals surface area contributed by atoms with Gasteiger partial charge in [-0.25, -0.2) is 4.99 Å². The fraction of sp³-hybridized carbons (Fsp3) is 0.364. The topological polar surface area (TPSA) is 84.0 Å². The molecule has 0 fully saturated rings. The van der Waals surface area contributed by atoms with E-state index in [-0.39, 0.29) is 29.9 Å². The van der Waals surface area contributed by atoms with Crippen molar-refractivity contribution in [2.45, 2.75) is 27.3 Å². The molecular weight excluding hydrogens is 495 g/mol. The van der Waals surface area contributed by atoms with Crippen molar-refractivity contribution >= 4 is 41.5 Å². The Morgan fingerprint density at radius 2 is 1.83 bits per heavy atom. The number of halogens is 1. The third-order valence-corrected chi connectivity index (χ3v) is 3.84. The molecule has 2 rings (SSSR count). The van der Waals surface area contributed by atoms with Gasteiger partial charge in [0, 0.05) is 30.8 Å². The number of nitrogens with one attached hydrogen (secondary N) is 3. The van der Waals surface area contributed by atoms with Gasteiger partial charge in [0.15, 0.2) is 5.96 Å². The van der Waals surface area contributed by atoms with E-state index in [0.717, 1.165) is 23.8 Å². The van der Waals surface area contributed by atoms with Crippen LogP contribution in [0.15, 0.2) is 53.5 Å². The molecule has 2 aromatic rings. The first-order chi connectivity index (χ1) is 14.1. The van der Waals surface area contributed by atoms with Gasteiger partial charge in [0.05, 0.1) is 19.7 Å². The minimum Gasteiger partial charge on any atom is -0.494 e. The lowest BCUT2D eigenvalue weighted by Crippen LogP contribution is -2.39. The summed E-state index contributed by atoms with van der Waals surface area (Å²) >= 11 is 0. The van der Waals surface area contributed by atoms with Gasteiger partial charge in [-0.15, -0.1) is 24.0 Å². The number of para-hydroxylation sites is 1. The van der Waals surface area contributed by atoms with Gasteiger partial charge >= 0.3 is 0 Å². The Morgan fingerprint density at radius 1 is 1.03 bits per heavy atom. The van der Waals surface area contributed by atoms with Gasteiger partial charge in [-0.3, -0.25) is 4.79 Å². The molecule has 0 radical (unpaired) electrons. The number of benzene rings is 2. The molecule has 0 heterocycles. The number of hydrogen-bond acceptors (Lipinski definition) is 4. The summed E-state index contributed by atoms with van der Waals surface area (Å²) in [5, 5.41) is 9.23. The van der Waals surface area contributed by atoms with Crippen molar-refractivity contribution in [3.63, 3.8) is 0 Å². The maximum Gasteiger partial charge on any atom is 0.221 e. The van der Waals surface area contributed by atoms with Crippen LogP contribution in [0.4, 0.5) is 5.69 Å². The number of amides is 1. The Labute approximate surface area is 195 Å². The number of guanidine groups is 1. The monoisotopic (exact) mass is 526 g/mol. The molecule has 8 heteroatoms. The maximum atomic E-state index is 11.2. The van der Waals surface area contributed by atoms with Crippen molar-refractivity contribution in [2.75, 3.05) is 31.6 Å². The zero-order valence-corrected chi connectivity index (χ0v) is 20.1. The highest BCUT2D eigenvalue weighted by atomic mass is 127. The standard InChI is InChI=1S/C22H30N4O3.HI/c1-4-23-22(25-16-18-9-6-7-12-21(18)28-5-2)24-13-14-29-20-11-8-10-19(15-20)26-17(3)27;/h6-12,15H,4-5,13-14,16H2,1-3H3,(H,26,27)(H2,23,24,25);1H. The van der Waals surface area contributed by atoms with E-state index in [9.17, 15) is 4.79 Å². The third-order valence-electron chi connectivity index (χ3n) is 3.84. The number of rotatable bonds is 10. The van der Waals surface area contributed by atoms with Crippen LogP contribution in [-0.4, -0.2) is 38.2 Å². The summed E-state index contributed by atoms with van der Waals surface area (Å²) in [4.78, 5) is 15.8. The van der Waals surface area contributed by atoms with Crippen LogP contribution in [0.2, 0.25) is 0 Å². The molecule has 1 amide bonds. The molecule has 0 aliphatic carbocycles. The second-order valence-electron chi connectivity index (χ2n) is 6.22. The lowest BCUT2D eigenvalue weighted by Gasteiger charge is -2.13. The average Bonchev–Trinajstić information content (AvgIpc) is 2.70. The van der Waals surface area contributed by atoms with Gasteiger partial charge in [-0.2, -0.15) is 0 Å². The van der Waals surface area contributed by atoms with Gasteiger partial charge < -0.3 is 25.4 Å². The largest absolute Gasteiger partial charge is 0.494 e. The summed E-state index contributed by atoms with van der Waals surface area (Å²) in [6.07, 6.45) is 0. The van der Waals surface area contributed by atoms with Crippen LogP contribution >= 0.6 is 24.0 Å². The number of hydrogen-bond donors (Lipinski definition) is 3. The molecule has 3 N–H and O–H groups in total. The maximum absolute atomic E-state index is 11.2. The fourth-order valence-corrected chi connectivity index (χ4v) is 2.64. The minimum atomic E-state index is -0.110. The molecular formula is C22H31IN4O3. The molecule has 30 heavy (non-hydrogen) atoms. The molecule has 0 atom stereocenters. The highest BCUT2D eigenvalue weighted by Gasteiger charge is 2.03. The molecule has 164 valence electrons. The van der Waals surface area contributed by atoms with Crippen molar-refractivity contribution in [3.05, 3.63) is 54.1 Å². The van der Waals surface area contributed by atoms with E-state index in [1.807, 2.05) is 56.3 Å². The molecule has 7 nitrogen and oxygen atoms in total. The Balaban J connectivity index is 0.00000450. The SMILES string of the molecule is CCNC(=NCc1ccccc1OCC)NCCOc1cccc(NC(C)=O)c1.I. The molecule has 0 aliphatic heterocycles. The van der Waals surface area contributed by atoms with Crippen LogP contribution < -0.4 is 25.4 Å². The van der Waals surface area contributed by atoms with Crippen molar-refractivity contribution in [1.82, 2.24) is 10.6 Å². The third kappa shape index (κ3) is 9.34. The van der Waals surface area contributed by atoms with E-state index in [1.54, 1.807) is 6.07 Å². The predicted octanol–water partition coefficient (Wildman–Crippen LogP) is 3.80. The van der Waals surface area contributed by atoms with Gasteiger partial charge in [0.25, 0.3) is 0 Å². The number of nitrogens with zero attached hydrogens (tertiary/aromatic N) is 1. The molecule has 0 spiro atoms. The van der Waals surface area contributed by atoms with E-state index in [1.165, 1.54) is 6.92 Å². The molecule has 0 aromatic heterocycles. The zero-order chi connectivity index (χ0) is 20.9. The number of anilines is 1. The molecule has 2 aromatic carbocycles. The first kappa shape index (κ1) is 25.5. The van der Waals surface area contributed by atoms with E-state index in [2.05, 4.69) is 20.9 Å². The second-order valence-corrected chi connectivity index (χ2v) is 6.22. The lowest BCUT2D eigenvalue weighted by atomic mass is 10.2. The van der Waals surface area contributed by atoms with Gasteiger partial charge in [-0.1, -0.05) is 24.3 Å². The predicted molar refractivity (Wildman–Crippen MR) is 132 cm³/mol. The smallest absolute Gasteiger partial charge is 0.221 e. The first-order valence-corrected chi connectivity index (χ1v) is 9.85. The highest BCUT2D eigenvalue weighted by molar-refractivity contribution is 14.0. The second kappa shape index (κ2) is 14.5. The molecule has 0 unspecified atom stereocenters.